The van der Waals surface area contributed by atoms with Crippen LogP contribution in [0.4, 0.5) is 0 Å². The van der Waals surface area contributed by atoms with Crippen molar-refractivity contribution in [3.63, 3.8) is 0 Å². The minimum absolute atomic E-state index is 0.414. The van der Waals surface area contributed by atoms with Crippen molar-refractivity contribution in [2.45, 2.75) is 6.04 Å². The number of ether oxygens (including phenoxy) is 1. The zero-order valence-electron chi connectivity index (χ0n) is 9.80. The number of methoxy groups -OCH3 is 1. The second kappa shape index (κ2) is 8.15. The zero-order chi connectivity index (χ0) is 11.6. The topological polar surface area (TPSA) is 49.2 Å². The quantitative estimate of drug-likeness (QED) is 0.653. The van der Waals surface area contributed by atoms with Gasteiger partial charge >= 0.3 is 0 Å². The Hall–Kier alpha value is -1.04. The molecule has 0 aliphatic carbocycles. The molecular weight excluding hydrogens is 204 g/mol. The van der Waals surface area contributed by atoms with Crippen molar-refractivity contribution in [1.82, 2.24) is 10.2 Å². The van der Waals surface area contributed by atoms with Crippen molar-refractivity contribution in [1.29, 1.82) is 0 Å². The van der Waals surface area contributed by atoms with Crippen molar-refractivity contribution in [3.05, 3.63) is 12.3 Å². The van der Waals surface area contributed by atoms with E-state index in [1.165, 1.54) is 0 Å². The molecule has 5 heteroatoms. The van der Waals surface area contributed by atoms with E-state index in [9.17, 15) is 0 Å². The molecule has 1 fully saturated rings. The number of allylic oxidation sites excluding steroid dienone is 1. The average Bonchev–Trinajstić information content (AvgIpc) is 2.31. The molecule has 0 radical (unpaired) electrons. The van der Waals surface area contributed by atoms with Gasteiger partial charge in [0, 0.05) is 45.2 Å². The summed E-state index contributed by atoms with van der Waals surface area (Å²) in [6.07, 6.45) is 5.15. The fraction of sp³-hybridized carbons (Fsp3) is 0.636. The summed E-state index contributed by atoms with van der Waals surface area (Å²) in [6.45, 7) is 7.79. The van der Waals surface area contributed by atoms with Crippen molar-refractivity contribution in [2.24, 2.45) is 9.98 Å². The summed E-state index contributed by atoms with van der Waals surface area (Å²) < 4.78 is 5.19. The Bertz CT molecular complexity index is 250. The molecule has 90 valence electrons. The first kappa shape index (κ1) is 13.0. The highest BCUT2D eigenvalue weighted by Crippen LogP contribution is 2.03. The third-order valence-electron chi connectivity index (χ3n) is 2.48. The summed E-state index contributed by atoms with van der Waals surface area (Å²) in [4.78, 5) is 10.2. The lowest BCUT2D eigenvalue weighted by atomic mass is 10.2. The zero-order valence-corrected chi connectivity index (χ0v) is 9.80. The Balaban J connectivity index is 2.34. The Kier molecular flexibility index (Phi) is 6.64. The third kappa shape index (κ3) is 4.65. The van der Waals surface area contributed by atoms with Gasteiger partial charge in [-0.15, -0.1) is 0 Å². The number of piperazine rings is 1. The monoisotopic (exact) mass is 224 g/mol. The number of hydrogen-bond donors (Lipinski definition) is 1. The highest BCUT2D eigenvalue weighted by atomic mass is 16.5. The highest BCUT2D eigenvalue weighted by molar-refractivity contribution is 5.70. The van der Waals surface area contributed by atoms with Crippen LogP contribution in [0.15, 0.2) is 22.3 Å². The van der Waals surface area contributed by atoms with Crippen LogP contribution < -0.4 is 5.32 Å². The van der Waals surface area contributed by atoms with Crippen molar-refractivity contribution in [2.75, 3.05) is 40.0 Å². The van der Waals surface area contributed by atoms with Gasteiger partial charge in [-0.1, -0.05) is 0 Å². The molecule has 1 aliphatic rings. The van der Waals surface area contributed by atoms with Crippen LogP contribution in [0.2, 0.25) is 0 Å². The van der Waals surface area contributed by atoms with E-state index in [0.29, 0.717) is 12.7 Å². The van der Waals surface area contributed by atoms with Gasteiger partial charge in [0.15, 0.2) is 0 Å². The van der Waals surface area contributed by atoms with E-state index in [4.69, 9.17) is 4.74 Å². The third-order valence-corrected chi connectivity index (χ3v) is 2.48. The van der Waals surface area contributed by atoms with Crippen LogP contribution in [-0.2, 0) is 4.74 Å². The maximum Gasteiger partial charge on any atom is 0.0913 e. The van der Waals surface area contributed by atoms with E-state index in [1.807, 2.05) is 0 Å². The number of nitrogens with zero attached hydrogens (tertiary/aromatic N) is 3. The number of hydrogen-bond acceptors (Lipinski definition) is 5. The van der Waals surface area contributed by atoms with Gasteiger partial charge in [0.05, 0.1) is 13.3 Å². The summed E-state index contributed by atoms with van der Waals surface area (Å²) in [7, 11) is 1.73. The van der Waals surface area contributed by atoms with E-state index >= 15 is 0 Å². The molecule has 5 nitrogen and oxygen atoms in total. The van der Waals surface area contributed by atoms with Gasteiger partial charge in [-0.05, 0) is 12.8 Å². The number of nitrogens with one attached hydrogen (secondary N) is 1. The summed E-state index contributed by atoms with van der Waals surface area (Å²) in [5.74, 6) is 0. The molecule has 1 aliphatic heterocycles. The Labute approximate surface area is 96.9 Å². The molecule has 0 aromatic rings. The van der Waals surface area contributed by atoms with Crippen molar-refractivity contribution in [3.8, 4) is 0 Å². The first-order valence-electron chi connectivity index (χ1n) is 5.43. The highest BCUT2D eigenvalue weighted by Gasteiger charge is 2.20. The van der Waals surface area contributed by atoms with Crippen LogP contribution in [0.1, 0.15) is 0 Å². The lowest BCUT2D eigenvalue weighted by Gasteiger charge is -2.34. The van der Waals surface area contributed by atoms with Crippen LogP contribution >= 0.6 is 0 Å². The average molecular weight is 224 g/mol. The Morgan fingerprint density at radius 3 is 3.25 bits per heavy atom. The van der Waals surface area contributed by atoms with E-state index in [2.05, 4.69) is 26.9 Å². The molecule has 16 heavy (non-hydrogen) atoms. The molecule has 1 atom stereocenters. The molecule has 0 spiro atoms. The van der Waals surface area contributed by atoms with Crippen LogP contribution in [0.3, 0.4) is 0 Å². The van der Waals surface area contributed by atoms with Crippen LogP contribution in [0.25, 0.3) is 0 Å². The largest absolute Gasteiger partial charge is 0.383 e. The molecule has 1 rings (SSSR count). The Morgan fingerprint density at radius 1 is 1.62 bits per heavy atom. The van der Waals surface area contributed by atoms with Crippen LogP contribution in [-0.4, -0.2) is 63.9 Å². The fourth-order valence-electron chi connectivity index (χ4n) is 1.66. The lowest BCUT2D eigenvalue weighted by molar-refractivity contribution is 0.0759. The molecule has 0 aromatic carbocycles. The molecule has 0 amide bonds. The van der Waals surface area contributed by atoms with Gasteiger partial charge in [-0.25, -0.2) is 0 Å². The SMILES string of the molecule is C=N/C=C\C=N/CN1CCNCC1COC. The van der Waals surface area contributed by atoms with E-state index < -0.39 is 0 Å². The van der Waals surface area contributed by atoms with E-state index in [1.54, 1.807) is 25.6 Å². The first-order valence-corrected chi connectivity index (χ1v) is 5.43. The lowest BCUT2D eigenvalue weighted by Crippen LogP contribution is -2.53. The first-order chi connectivity index (χ1) is 7.88. The summed E-state index contributed by atoms with van der Waals surface area (Å²) in [5.41, 5.74) is 0. The molecule has 0 saturated carbocycles. The van der Waals surface area contributed by atoms with Crippen LogP contribution in [0, 0.1) is 0 Å². The summed E-state index contributed by atoms with van der Waals surface area (Å²) in [5, 5.41) is 3.35. The molecular formula is C11H20N4O. The molecule has 1 heterocycles. The maximum atomic E-state index is 5.19. The Morgan fingerprint density at radius 2 is 2.50 bits per heavy atom. The second-order valence-corrected chi connectivity index (χ2v) is 3.62. The van der Waals surface area contributed by atoms with Crippen LogP contribution in [0.5, 0.6) is 0 Å². The normalized spacial score (nSPS) is 23.2. The second-order valence-electron chi connectivity index (χ2n) is 3.62. The molecule has 1 N–H and O–H groups in total. The molecule has 0 aromatic heterocycles. The smallest absolute Gasteiger partial charge is 0.0913 e. The predicted molar refractivity (Wildman–Crippen MR) is 67.3 cm³/mol. The van der Waals surface area contributed by atoms with Crippen molar-refractivity contribution < 1.29 is 4.74 Å². The van der Waals surface area contributed by atoms with Gasteiger partial charge in [0.1, 0.15) is 0 Å². The van der Waals surface area contributed by atoms with Gasteiger partial charge in [-0.3, -0.25) is 14.9 Å². The summed E-state index contributed by atoms with van der Waals surface area (Å²) >= 11 is 0. The van der Waals surface area contributed by atoms with Gasteiger partial charge < -0.3 is 10.1 Å². The molecule has 1 unspecified atom stereocenters. The predicted octanol–water partition coefficient (Wildman–Crippen LogP) is 0.149. The maximum absolute atomic E-state index is 5.19. The van der Waals surface area contributed by atoms with E-state index in [0.717, 1.165) is 26.2 Å². The molecule has 1 saturated heterocycles. The summed E-state index contributed by atoms with van der Waals surface area (Å²) in [6, 6.07) is 0.414. The molecule has 0 bridgehead atoms. The van der Waals surface area contributed by atoms with Crippen molar-refractivity contribution >= 4 is 12.9 Å². The minimum atomic E-state index is 0.414. The van der Waals surface area contributed by atoms with Gasteiger partial charge in [0.25, 0.3) is 0 Å². The minimum Gasteiger partial charge on any atom is -0.383 e. The van der Waals surface area contributed by atoms with E-state index in [-0.39, 0.29) is 0 Å². The fourth-order valence-corrected chi connectivity index (χ4v) is 1.66. The number of rotatable bonds is 6. The van der Waals surface area contributed by atoms with Gasteiger partial charge in [0.2, 0.25) is 0 Å². The number of aliphatic imine (C=N–C) groups is 2. The standard InChI is InChI=1S/C11H20N4O/c1-12-4-3-5-14-10-15-7-6-13-8-11(15)9-16-2/h3-5,11,13H,1,6-10H2,2H3/b4-3-,14-5-. The van der Waals surface area contributed by atoms with Gasteiger partial charge in [-0.2, -0.15) is 0 Å².